The van der Waals surface area contributed by atoms with Gasteiger partial charge in [0, 0.05) is 12.1 Å². The summed E-state index contributed by atoms with van der Waals surface area (Å²) in [4.78, 5) is 9.31. The first-order valence-electron chi connectivity index (χ1n) is 7.04. The molecule has 0 saturated carbocycles. The third-order valence-corrected chi connectivity index (χ3v) is 5.93. The van der Waals surface area contributed by atoms with E-state index < -0.39 is 22.0 Å². The van der Waals surface area contributed by atoms with Gasteiger partial charge in [0.15, 0.2) is 0 Å². The van der Waals surface area contributed by atoms with Crippen molar-refractivity contribution in [3.05, 3.63) is 28.9 Å². The number of halogens is 4. The van der Waals surface area contributed by atoms with Crippen molar-refractivity contribution < 1.29 is 31.5 Å². The molecular formula is C14H13ClF3N3O4S. The summed E-state index contributed by atoms with van der Waals surface area (Å²) in [6, 6.07) is 5.03. The van der Waals surface area contributed by atoms with Crippen molar-refractivity contribution in [2.45, 2.75) is 29.4 Å². The van der Waals surface area contributed by atoms with Crippen LogP contribution in [0.4, 0.5) is 13.2 Å². The molecule has 2 heterocycles. The molecule has 0 unspecified atom stereocenters. The molecular weight excluding hydrogens is 399 g/mol. The predicted molar refractivity (Wildman–Crippen MR) is 85.6 cm³/mol. The first kappa shape index (κ1) is 20.2. The minimum atomic E-state index is -5.08. The molecule has 0 bridgehead atoms. The zero-order valence-corrected chi connectivity index (χ0v) is 14.8. The summed E-state index contributed by atoms with van der Waals surface area (Å²) in [5, 5.41) is 11.7. The Kier molecular flexibility index (Phi) is 5.36. The van der Waals surface area contributed by atoms with Gasteiger partial charge in [-0.3, -0.25) is 4.68 Å². The fraction of sp³-hybridized carbons (Fsp3) is 0.286. The summed E-state index contributed by atoms with van der Waals surface area (Å²) in [6.07, 6.45) is -5.08. The van der Waals surface area contributed by atoms with E-state index in [0.717, 1.165) is 0 Å². The van der Waals surface area contributed by atoms with Crippen LogP contribution in [0.15, 0.2) is 28.0 Å². The standard InChI is InChI=1S/C12H12ClN3O2S.C2HF3O2/c1-7-11-10(15-16(7)6-5-14)8-3-2-4-9(13)12(8)19(11,17)18;3-2(4,5)1(6)7/h2-4H,5-6,14H2,1H3;(H,6,7). The van der Waals surface area contributed by atoms with Crippen molar-refractivity contribution in [2.75, 3.05) is 6.54 Å². The first-order chi connectivity index (χ1) is 11.9. The Morgan fingerprint density at radius 1 is 1.35 bits per heavy atom. The molecule has 7 nitrogen and oxygen atoms in total. The second kappa shape index (κ2) is 6.89. The van der Waals surface area contributed by atoms with Gasteiger partial charge in [0.05, 0.1) is 22.2 Å². The van der Waals surface area contributed by atoms with Crippen LogP contribution in [0, 0.1) is 6.92 Å². The van der Waals surface area contributed by atoms with Gasteiger partial charge < -0.3 is 10.8 Å². The lowest BCUT2D eigenvalue weighted by atomic mass is 10.1. The van der Waals surface area contributed by atoms with E-state index in [1.807, 2.05) is 0 Å². The van der Waals surface area contributed by atoms with Gasteiger partial charge >= 0.3 is 12.1 Å². The van der Waals surface area contributed by atoms with Crippen LogP contribution in [0.5, 0.6) is 0 Å². The molecule has 0 atom stereocenters. The maximum Gasteiger partial charge on any atom is 0.490 e. The molecule has 12 heteroatoms. The van der Waals surface area contributed by atoms with E-state index in [9.17, 15) is 21.6 Å². The van der Waals surface area contributed by atoms with Crippen molar-refractivity contribution in [3.63, 3.8) is 0 Å². The van der Waals surface area contributed by atoms with Crippen molar-refractivity contribution in [3.8, 4) is 11.3 Å². The topological polar surface area (TPSA) is 115 Å². The van der Waals surface area contributed by atoms with Crippen molar-refractivity contribution in [1.29, 1.82) is 0 Å². The summed E-state index contributed by atoms with van der Waals surface area (Å²) in [5.41, 5.74) is 7.15. The number of sulfone groups is 1. The molecule has 1 aliphatic rings. The minimum absolute atomic E-state index is 0.164. The van der Waals surface area contributed by atoms with Crippen LogP contribution in [0.25, 0.3) is 11.3 Å². The second-order valence-corrected chi connectivity index (χ2v) is 7.43. The highest BCUT2D eigenvalue weighted by Gasteiger charge is 2.40. The zero-order chi connectivity index (χ0) is 19.9. The van der Waals surface area contributed by atoms with Gasteiger partial charge in [-0.15, -0.1) is 0 Å². The Balaban J connectivity index is 0.000000298. The summed E-state index contributed by atoms with van der Waals surface area (Å²) in [7, 11) is -3.58. The lowest BCUT2D eigenvalue weighted by Crippen LogP contribution is -2.21. The highest BCUT2D eigenvalue weighted by atomic mass is 35.5. The number of rotatable bonds is 2. The highest BCUT2D eigenvalue weighted by molar-refractivity contribution is 7.92. The minimum Gasteiger partial charge on any atom is -0.475 e. The number of aromatic nitrogens is 2. The molecule has 0 spiro atoms. The normalized spacial score (nSPS) is 14.2. The quantitative estimate of drug-likeness (QED) is 0.668. The van der Waals surface area contributed by atoms with Crippen LogP contribution in [-0.2, 0) is 21.2 Å². The molecule has 26 heavy (non-hydrogen) atoms. The largest absolute Gasteiger partial charge is 0.490 e. The number of carbonyl (C=O) groups is 1. The van der Waals surface area contributed by atoms with E-state index in [1.54, 1.807) is 29.8 Å². The van der Waals surface area contributed by atoms with Gasteiger partial charge in [-0.2, -0.15) is 18.3 Å². The summed E-state index contributed by atoms with van der Waals surface area (Å²) >= 11 is 6.02. The third-order valence-electron chi connectivity index (χ3n) is 3.49. The Hall–Kier alpha value is -2.11. The van der Waals surface area contributed by atoms with Gasteiger partial charge in [-0.25, -0.2) is 13.2 Å². The van der Waals surface area contributed by atoms with E-state index in [-0.39, 0.29) is 14.8 Å². The average molecular weight is 412 g/mol. The smallest absolute Gasteiger partial charge is 0.475 e. The Labute approximate surface area is 151 Å². The number of carboxylic acid groups (broad SMARTS) is 1. The number of hydrogen-bond donors (Lipinski definition) is 2. The molecule has 0 amide bonds. The molecule has 0 radical (unpaired) electrons. The van der Waals surface area contributed by atoms with Crippen molar-refractivity contribution >= 4 is 27.4 Å². The molecule has 142 valence electrons. The van der Waals surface area contributed by atoms with Crippen LogP contribution in [0.2, 0.25) is 5.02 Å². The van der Waals surface area contributed by atoms with Crippen molar-refractivity contribution in [2.24, 2.45) is 5.73 Å². The van der Waals surface area contributed by atoms with E-state index in [1.165, 1.54) is 0 Å². The fourth-order valence-electron chi connectivity index (χ4n) is 2.44. The molecule has 2 aromatic rings. The highest BCUT2D eigenvalue weighted by Crippen LogP contribution is 2.46. The predicted octanol–water partition coefficient (Wildman–Crippen LogP) is 2.25. The molecule has 0 fully saturated rings. The molecule has 3 N–H and O–H groups in total. The summed E-state index contributed by atoms with van der Waals surface area (Å²) < 4.78 is 58.5. The summed E-state index contributed by atoms with van der Waals surface area (Å²) in [6.45, 7) is 2.63. The van der Waals surface area contributed by atoms with E-state index >= 15 is 0 Å². The van der Waals surface area contributed by atoms with Crippen LogP contribution in [0.1, 0.15) is 5.69 Å². The maximum atomic E-state index is 12.6. The van der Waals surface area contributed by atoms with E-state index in [2.05, 4.69) is 5.10 Å². The molecule has 3 rings (SSSR count). The van der Waals surface area contributed by atoms with Crippen molar-refractivity contribution in [1.82, 2.24) is 9.78 Å². The number of benzene rings is 1. The van der Waals surface area contributed by atoms with Crippen LogP contribution >= 0.6 is 11.6 Å². The van der Waals surface area contributed by atoms with Gasteiger partial charge in [-0.1, -0.05) is 23.7 Å². The second-order valence-electron chi connectivity index (χ2n) is 5.20. The number of fused-ring (bicyclic) bond motifs is 3. The van der Waals surface area contributed by atoms with Gasteiger partial charge in [0.25, 0.3) is 0 Å². The van der Waals surface area contributed by atoms with E-state index in [0.29, 0.717) is 30.0 Å². The van der Waals surface area contributed by atoms with Crippen LogP contribution in [-0.4, -0.2) is 42.0 Å². The molecule has 1 aromatic carbocycles. The zero-order valence-electron chi connectivity index (χ0n) is 13.2. The molecule has 1 aromatic heterocycles. The Morgan fingerprint density at radius 2 is 1.92 bits per heavy atom. The van der Waals surface area contributed by atoms with Gasteiger partial charge in [0.2, 0.25) is 9.84 Å². The number of nitrogens with zero attached hydrogens (tertiary/aromatic N) is 2. The Morgan fingerprint density at radius 3 is 2.42 bits per heavy atom. The van der Waals surface area contributed by atoms with Crippen LogP contribution < -0.4 is 5.73 Å². The molecule has 1 aliphatic heterocycles. The fourth-order valence-corrected chi connectivity index (χ4v) is 4.80. The number of aliphatic carboxylic acids is 1. The van der Waals surface area contributed by atoms with Crippen LogP contribution in [0.3, 0.4) is 0 Å². The number of carboxylic acids is 1. The number of hydrogen-bond acceptors (Lipinski definition) is 5. The lowest BCUT2D eigenvalue weighted by molar-refractivity contribution is -0.192. The maximum absolute atomic E-state index is 12.6. The Bertz CT molecular complexity index is 971. The molecule has 0 saturated heterocycles. The number of nitrogens with two attached hydrogens (primary N) is 1. The van der Waals surface area contributed by atoms with E-state index in [4.69, 9.17) is 27.2 Å². The first-order valence-corrected chi connectivity index (χ1v) is 8.90. The monoisotopic (exact) mass is 411 g/mol. The number of alkyl halides is 3. The van der Waals surface area contributed by atoms with Gasteiger partial charge in [0.1, 0.15) is 10.6 Å². The molecule has 0 aliphatic carbocycles. The lowest BCUT2D eigenvalue weighted by Gasteiger charge is -2.06. The summed E-state index contributed by atoms with van der Waals surface area (Å²) in [5.74, 6) is -2.76. The van der Waals surface area contributed by atoms with Gasteiger partial charge in [-0.05, 0) is 13.0 Å². The SMILES string of the molecule is Cc1c2c(nn1CCN)-c1cccc(Cl)c1S2(=O)=O.O=C(O)C(F)(F)F. The average Bonchev–Trinajstić information content (AvgIpc) is 2.95. The third kappa shape index (κ3) is 3.41.